The quantitative estimate of drug-likeness (QED) is 0.269. The number of rotatable bonds is 5. The Balaban J connectivity index is 1.47. The van der Waals surface area contributed by atoms with E-state index in [2.05, 4.69) is 45.9 Å². The molecule has 6 nitrogen and oxygen atoms in total. The topological polar surface area (TPSA) is 80.1 Å². The summed E-state index contributed by atoms with van der Waals surface area (Å²) in [6, 6.07) is 10.4. The van der Waals surface area contributed by atoms with E-state index in [0.29, 0.717) is 29.2 Å². The highest BCUT2D eigenvalue weighted by Crippen LogP contribution is 2.47. The number of hydrogen-bond acceptors (Lipinski definition) is 3. The lowest BCUT2D eigenvalue weighted by Crippen LogP contribution is -2.32. The molecule has 7 rings (SSSR count). The van der Waals surface area contributed by atoms with Crippen LogP contribution in [0, 0.1) is 5.92 Å². The minimum Gasteiger partial charge on any atom is -0.488 e. The monoisotopic (exact) mass is 555 g/mol. The van der Waals surface area contributed by atoms with Crippen LogP contribution in [0.1, 0.15) is 97.3 Å². The number of carboxylic acids is 1. The molecule has 2 saturated carbocycles. The van der Waals surface area contributed by atoms with Gasteiger partial charge in [0.2, 0.25) is 0 Å². The van der Waals surface area contributed by atoms with E-state index in [1.165, 1.54) is 48.9 Å². The van der Waals surface area contributed by atoms with E-state index in [1.54, 1.807) is 18.5 Å². The summed E-state index contributed by atoms with van der Waals surface area (Å²) in [6.07, 6.45) is 14.9. The zero-order chi connectivity index (χ0) is 27.4. The number of aromatic nitrogens is 3. The van der Waals surface area contributed by atoms with Crippen molar-refractivity contribution in [2.45, 2.75) is 76.7 Å². The van der Waals surface area contributed by atoms with E-state index >= 15 is 0 Å². The third kappa shape index (κ3) is 4.24. The second-order valence-corrected chi connectivity index (χ2v) is 12.2. The van der Waals surface area contributed by atoms with Crippen LogP contribution in [0.4, 0.5) is 0 Å². The number of halogens is 1. The number of hydrogen-bond donors (Lipinski definition) is 2. The van der Waals surface area contributed by atoms with Gasteiger partial charge in [-0.1, -0.05) is 49.9 Å². The van der Waals surface area contributed by atoms with Gasteiger partial charge in [0.15, 0.2) is 0 Å². The van der Waals surface area contributed by atoms with Crippen molar-refractivity contribution >= 4 is 40.2 Å². The summed E-state index contributed by atoms with van der Waals surface area (Å²) in [5.41, 5.74) is 6.36. The Morgan fingerprint density at radius 3 is 2.77 bits per heavy atom. The number of ether oxygens (including phenoxy) is 1. The summed E-state index contributed by atoms with van der Waals surface area (Å²) in [4.78, 5) is 19.9. The molecule has 1 aliphatic heterocycles. The van der Waals surface area contributed by atoms with Gasteiger partial charge in [0, 0.05) is 51.7 Å². The van der Waals surface area contributed by atoms with Crippen LogP contribution < -0.4 is 15.3 Å². The summed E-state index contributed by atoms with van der Waals surface area (Å²) in [7, 11) is 0. The van der Waals surface area contributed by atoms with Crippen LogP contribution in [0.5, 0.6) is 5.75 Å². The molecule has 2 fully saturated rings. The van der Waals surface area contributed by atoms with Crippen LogP contribution in [0.2, 0.25) is 5.15 Å². The highest BCUT2D eigenvalue weighted by Gasteiger charge is 2.34. The largest absolute Gasteiger partial charge is 0.488 e. The number of carbonyl (C=O) groups is 1. The molecule has 206 valence electrons. The molecule has 3 aliphatic rings. The summed E-state index contributed by atoms with van der Waals surface area (Å²) < 4.78 is 8.79. The molecule has 0 spiro atoms. The smallest absolute Gasteiger partial charge is 0.337 e. The van der Waals surface area contributed by atoms with E-state index < -0.39 is 5.97 Å². The second kappa shape index (κ2) is 10.2. The van der Waals surface area contributed by atoms with Gasteiger partial charge in [-0.3, -0.25) is 0 Å². The summed E-state index contributed by atoms with van der Waals surface area (Å²) in [5, 5.41) is 13.4. The summed E-state index contributed by atoms with van der Waals surface area (Å²) >= 11 is 6.00. The van der Waals surface area contributed by atoms with Gasteiger partial charge in [-0.15, -0.1) is 0 Å². The van der Waals surface area contributed by atoms with E-state index in [-0.39, 0.29) is 5.92 Å². The SMILES string of the molecule is CC1CCCC2=c3[nH]cc(C(=O)O)c3=Cn3c(cc4c(OCc5ccc(Cl)nc5)ccc(C5CCCCC5)c43)[C@H]21. The molecule has 3 aromatic heterocycles. The third-order valence-electron chi connectivity index (χ3n) is 9.35. The molecular weight excluding hydrogens is 522 g/mol. The van der Waals surface area contributed by atoms with Gasteiger partial charge in [0.05, 0.1) is 11.1 Å². The van der Waals surface area contributed by atoms with Gasteiger partial charge < -0.3 is 19.4 Å². The summed E-state index contributed by atoms with van der Waals surface area (Å²) in [6.45, 7) is 2.74. The van der Waals surface area contributed by atoms with Crippen molar-refractivity contribution in [1.29, 1.82) is 0 Å². The predicted octanol–water partition coefficient (Wildman–Crippen LogP) is 6.70. The van der Waals surface area contributed by atoms with E-state index in [0.717, 1.165) is 52.0 Å². The Morgan fingerprint density at radius 1 is 1.15 bits per heavy atom. The number of H-pyrrole nitrogens is 1. The number of benzene rings is 1. The first-order valence-corrected chi connectivity index (χ1v) is 14.9. The van der Waals surface area contributed by atoms with Gasteiger partial charge in [0.25, 0.3) is 0 Å². The van der Waals surface area contributed by atoms with Crippen LogP contribution in [0.15, 0.2) is 42.7 Å². The molecule has 0 bridgehead atoms. The average molecular weight is 556 g/mol. The molecule has 2 aliphatic carbocycles. The normalized spacial score (nSPS) is 20.8. The number of aromatic amines is 1. The number of carboxylic acid groups (broad SMARTS) is 1. The minimum atomic E-state index is -0.900. The van der Waals surface area contributed by atoms with Gasteiger partial charge in [-0.2, -0.15) is 0 Å². The van der Waals surface area contributed by atoms with Gasteiger partial charge in [0.1, 0.15) is 17.5 Å². The number of pyridine rings is 1. The Hall–Kier alpha value is -3.51. The minimum absolute atomic E-state index is 0.214. The predicted molar refractivity (Wildman–Crippen MR) is 157 cm³/mol. The van der Waals surface area contributed by atoms with Crippen LogP contribution >= 0.6 is 11.6 Å². The highest BCUT2D eigenvalue weighted by atomic mass is 35.5. The molecule has 7 heteroatoms. The van der Waals surface area contributed by atoms with Gasteiger partial charge in [-0.25, -0.2) is 9.78 Å². The third-order valence-corrected chi connectivity index (χ3v) is 9.57. The van der Waals surface area contributed by atoms with Crippen molar-refractivity contribution in [1.82, 2.24) is 14.5 Å². The second-order valence-electron chi connectivity index (χ2n) is 11.8. The molecule has 2 N–H and O–H groups in total. The van der Waals surface area contributed by atoms with Crippen LogP contribution in [0.3, 0.4) is 0 Å². The first-order chi connectivity index (χ1) is 19.5. The molecule has 4 heterocycles. The molecule has 0 saturated heterocycles. The molecule has 1 aromatic carbocycles. The van der Waals surface area contributed by atoms with E-state index in [4.69, 9.17) is 16.3 Å². The van der Waals surface area contributed by atoms with Crippen molar-refractivity contribution in [3.8, 4) is 5.75 Å². The molecule has 2 atom stereocenters. The van der Waals surface area contributed by atoms with Crippen LogP contribution in [-0.2, 0) is 6.61 Å². The van der Waals surface area contributed by atoms with Crippen molar-refractivity contribution in [3.05, 3.63) is 80.8 Å². The number of nitrogens with zero attached hydrogens (tertiary/aromatic N) is 2. The van der Waals surface area contributed by atoms with Gasteiger partial charge >= 0.3 is 5.97 Å². The Labute approximate surface area is 238 Å². The Morgan fingerprint density at radius 2 is 2.00 bits per heavy atom. The lowest BCUT2D eigenvalue weighted by atomic mass is 9.75. The molecule has 40 heavy (non-hydrogen) atoms. The first kappa shape index (κ1) is 25.5. The standard InChI is InChI=1S/C33H34ClN3O3/c1-19-6-5-9-23-30(19)27-14-24-28(40-18-20-10-13-29(34)35-15-20)12-11-22(21-7-3-2-4-8-21)32(24)37(27)17-26-25(33(38)39)16-36-31(23)26/h10-17,19,21,30,36H,2-9,18H2,1H3,(H,38,39)/t19?,30-/m0/s1. The number of aromatic carboxylic acids is 1. The lowest BCUT2D eigenvalue weighted by molar-refractivity contribution is 0.0696. The fourth-order valence-corrected chi connectivity index (χ4v) is 7.54. The fourth-order valence-electron chi connectivity index (χ4n) is 7.43. The van der Waals surface area contributed by atoms with Crippen molar-refractivity contribution < 1.29 is 14.6 Å². The fraction of sp³-hybridized carbons (Fsp3) is 0.394. The first-order valence-electron chi connectivity index (χ1n) is 14.6. The molecule has 1 unspecified atom stereocenters. The summed E-state index contributed by atoms with van der Waals surface area (Å²) in [5.74, 6) is 1.09. The maximum Gasteiger partial charge on any atom is 0.337 e. The van der Waals surface area contributed by atoms with E-state index in [9.17, 15) is 9.90 Å². The number of fused-ring (bicyclic) bond motifs is 6. The highest BCUT2D eigenvalue weighted by molar-refractivity contribution is 6.29. The molecule has 0 amide bonds. The average Bonchev–Trinajstić information content (AvgIpc) is 3.52. The van der Waals surface area contributed by atoms with Crippen LogP contribution in [-0.4, -0.2) is 25.6 Å². The van der Waals surface area contributed by atoms with E-state index in [1.807, 2.05) is 6.07 Å². The maximum atomic E-state index is 12.3. The molecule has 4 aromatic rings. The zero-order valence-corrected chi connectivity index (χ0v) is 23.5. The van der Waals surface area contributed by atoms with Gasteiger partial charge in [-0.05, 0) is 73.3 Å². The van der Waals surface area contributed by atoms with Crippen LogP contribution in [0.25, 0.3) is 22.7 Å². The maximum absolute atomic E-state index is 12.3. The molecular formula is C33H34ClN3O3. The Bertz CT molecular complexity index is 1730. The zero-order valence-electron chi connectivity index (χ0n) is 22.8. The molecule has 0 radical (unpaired) electrons. The van der Waals surface area contributed by atoms with Crippen molar-refractivity contribution in [2.24, 2.45) is 5.92 Å². The lowest BCUT2D eigenvalue weighted by Gasteiger charge is -2.31. The van der Waals surface area contributed by atoms with Crippen molar-refractivity contribution in [3.63, 3.8) is 0 Å². The Kier molecular flexibility index (Phi) is 6.46. The van der Waals surface area contributed by atoms with Crippen molar-refractivity contribution in [2.75, 3.05) is 0 Å². The number of nitrogens with one attached hydrogen (secondary N) is 1.